The highest BCUT2D eigenvalue weighted by atomic mass is 16.6. The SMILES string of the molecule is COc1ccc([C@@H](C)[C@H](C)COc2nc(C)ncc2-c2ccc(-c3noc(COC(C)=O)n3)cc2)nc1. The van der Waals surface area contributed by atoms with Crippen LogP contribution in [0.1, 0.15) is 44.1 Å². The molecular formula is C27H29N5O5. The molecule has 0 saturated carbocycles. The summed E-state index contributed by atoms with van der Waals surface area (Å²) in [6, 6.07) is 11.5. The molecule has 0 aliphatic rings. The number of aromatic nitrogens is 5. The Labute approximate surface area is 215 Å². The molecule has 0 spiro atoms. The standard InChI is InChI=1S/C27H29N5O5/c1-16(17(2)24-11-10-22(34-5)12-29-24)14-36-27-23(13-28-18(3)30-27)20-6-8-21(9-7-20)26-31-25(37-32-26)15-35-19(4)33/h6-13,16-17H,14-15H2,1-5H3/t16-,17+/m1/s1. The molecular weight excluding hydrogens is 474 g/mol. The van der Waals surface area contributed by atoms with E-state index < -0.39 is 5.97 Å². The summed E-state index contributed by atoms with van der Waals surface area (Å²) in [6.07, 6.45) is 3.49. The molecule has 0 bridgehead atoms. The number of carbonyl (C=O) groups excluding carboxylic acids is 1. The van der Waals surface area contributed by atoms with Crippen molar-refractivity contribution in [3.63, 3.8) is 0 Å². The maximum atomic E-state index is 11.0. The molecule has 0 radical (unpaired) electrons. The largest absolute Gasteiger partial charge is 0.495 e. The fourth-order valence-electron chi connectivity index (χ4n) is 3.58. The molecule has 10 heteroatoms. The highest BCUT2D eigenvalue weighted by Gasteiger charge is 2.19. The second kappa shape index (κ2) is 11.6. The van der Waals surface area contributed by atoms with E-state index >= 15 is 0 Å². The van der Waals surface area contributed by atoms with Crippen molar-refractivity contribution in [3.8, 4) is 34.1 Å². The predicted octanol–water partition coefficient (Wildman–Crippen LogP) is 4.79. The summed E-state index contributed by atoms with van der Waals surface area (Å²) in [5.41, 5.74) is 3.40. The van der Waals surface area contributed by atoms with Crippen LogP contribution in [0.5, 0.6) is 11.6 Å². The normalized spacial score (nSPS) is 12.6. The van der Waals surface area contributed by atoms with Crippen LogP contribution in [0.15, 0.2) is 53.3 Å². The molecule has 4 aromatic rings. The zero-order valence-electron chi connectivity index (χ0n) is 21.5. The van der Waals surface area contributed by atoms with E-state index in [-0.39, 0.29) is 24.3 Å². The Kier molecular flexibility index (Phi) is 8.07. The molecule has 1 aromatic carbocycles. The number of methoxy groups -OCH3 is 1. The Bertz CT molecular complexity index is 1340. The van der Waals surface area contributed by atoms with E-state index in [0.29, 0.717) is 24.1 Å². The molecule has 10 nitrogen and oxygen atoms in total. The number of nitrogens with zero attached hydrogens (tertiary/aromatic N) is 5. The van der Waals surface area contributed by atoms with Crippen molar-refractivity contribution in [1.29, 1.82) is 0 Å². The van der Waals surface area contributed by atoms with Crippen molar-refractivity contribution in [2.24, 2.45) is 5.92 Å². The van der Waals surface area contributed by atoms with Gasteiger partial charge in [-0.05, 0) is 30.5 Å². The highest BCUT2D eigenvalue weighted by Crippen LogP contribution is 2.31. The van der Waals surface area contributed by atoms with Crippen LogP contribution in [0.3, 0.4) is 0 Å². The molecule has 0 N–H and O–H groups in total. The molecule has 0 fully saturated rings. The highest BCUT2D eigenvalue weighted by molar-refractivity contribution is 5.70. The first-order valence-electron chi connectivity index (χ1n) is 11.9. The first-order valence-corrected chi connectivity index (χ1v) is 11.9. The molecule has 0 amide bonds. The lowest BCUT2D eigenvalue weighted by atomic mass is 9.93. The monoisotopic (exact) mass is 503 g/mol. The van der Waals surface area contributed by atoms with Gasteiger partial charge in [0, 0.05) is 30.3 Å². The van der Waals surface area contributed by atoms with Crippen LogP contribution in [0.4, 0.5) is 0 Å². The average molecular weight is 504 g/mol. The average Bonchev–Trinajstić information content (AvgIpc) is 3.39. The van der Waals surface area contributed by atoms with Gasteiger partial charge in [-0.2, -0.15) is 9.97 Å². The molecule has 0 saturated heterocycles. The van der Waals surface area contributed by atoms with Crippen LogP contribution >= 0.6 is 0 Å². The minimum absolute atomic E-state index is 0.0621. The van der Waals surface area contributed by atoms with Crippen LogP contribution in [-0.2, 0) is 16.1 Å². The van der Waals surface area contributed by atoms with E-state index in [1.54, 1.807) is 19.5 Å². The smallest absolute Gasteiger partial charge is 0.303 e. The molecule has 0 aliphatic heterocycles. The van der Waals surface area contributed by atoms with Crippen molar-refractivity contribution in [2.45, 2.75) is 40.2 Å². The number of esters is 1. The molecule has 3 aromatic heterocycles. The number of aryl methyl sites for hydroxylation is 1. The first kappa shape index (κ1) is 25.7. The second-order valence-corrected chi connectivity index (χ2v) is 8.71. The Morgan fingerprint density at radius 2 is 1.76 bits per heavy atom. The fourth-order valence-corrected chi connectivity index (χ4v) is 3.58. The van der Waals surface area contributed by atoms with E-state index in [4.69, 9.17) is 18.7 Å². The van der Waals surface area contributed by atoms with Gasteiger partial charge in [0.15, 0.2) is 6.61 Å². The molecule has 0 unspecified atom stereocenters. The summed E-state index contributed by atoms with van der Waals surface area (Å²) in [5.74, 6) is 2.45. The topological polar surface area (TPSA) is 122 Å². The lowest BCUT2D eigenvalue weighted by Gasteiger charge is -2.20. The van der Waals surface area contributed by atoms with Gasteiger partial charge < -0.3 is 18.7 Å². The Hall–Kier alpha value is -4.34. The number of hydrogen-bond donors (Lipinski definition) is 0. The van der Waals surface area contributed by atoms with Gasteiger partial charge in [0.1, 0.15) is 11.6 Å². The molecule has 2 atom stereocenters. The van der Waals surface area contributed by atoms with Crippen molar-refractivity contribution < 1.29 is 23.5 Å². The van der Waals surface area contributed by atoms with Gasteiger partial charge in [-0.25, -0.2) is 4.98 Å². The lowest BCUT2D eigenvalue weighted by molar-refractivity contribution is -0.143. The summed E-state index contributed by atoms with van der Waals surface area (Å²) in [4.78, 5) is 28.7. The summed E-state index contributed by atoms with van der Waals surface area (Å²) < 4.78 is 21.4. The van der Waals surface area contributed by atoms with Gasteiger partial charge in [0.25, 0.3) is 5.89 Å². The zero-order valence-corrected chi connectivity index (χ0v) is 21.5. The van der Waals surface area contributed by atoms with Crippen molar-refractivity contribution >= 4 is 5.97 Å². The van der Waals surface area contributed by atoms with E-state index in [1.165, 1.54) is 6.92 Å². The van der Waals surface area contributed by atoms with Crippen molar-refractivity contribution in [1.82, 2.24) is 25.1 Å². The third-order valence-corrected chi connectivity index (χ3v) is 5.99. The maximum absolute atomic E-state index is 11.0. The molecule has 3 heterocycles. The third kappa shape index (κ3) is 6.46. The van der Waals surface area contributed by atoms with E-state index in [0.717, 1.165) is 28.1 Å². The molecule has 192 valence electrons. The van der Waals surface area contributed by atoms with Crippen LogP contribution < -0.4 is 9.47 Å². The molecule has 37 heavy (non-hydrogen) atoms. The molecule has 0 aliphatic carbocycles. The van der Waals surface area contributed by atoms with Crippen LogP contribution in [0, 0.1) is 12.8 Å². The molecule has 4 rings (SSSR count). The van der Waals surface area contributed by atoms with Crippen LogP contribution in [0.2, 0.25) is 0 Å². The number of carbonyl (C=O) groups is 1. The first-order chi connectivity index (χ1) is 17.8. The minimum Gasteiger partial charge on any atom is -0.495 e. The van der Waals surface area contributed by atoms with Gasteiger partial charge in [-0.3, -0.25) is 9.78 Å². The van der Waals surface area contributed by atoms with Gasteiger partial charge >= 0.3 is 5.97 Å². The summed E-state index contributed by atoms with van der Waals surface area (Å²) >= 11 is 0. The number of benzene rings is 1. The lowest BCUT2D eigenvalue weighted by Crippen LogP contribution is -2.17. The summed E-state index contributed by atoms with van der Waals surface area (Å²) in [7, 11) is 1.63. The Morgan fingerprint density at radius 3 is 2.43 bits per heavy atom. The minimum atomic E-state index is -0.413. The number of pyridine rings is 1. The summed E-state index contributed by atoms with van der Waals surface area (Å²) in [5, 5.41) is 3.96. The fraction of sp³-hybridized carbons (Fsp3) is 0.333. The van der Waals surface area contributed by atoms with E-state index in [9.17, 15) is 4.79 Å². The zero-order chi connectivity index (χ0) is 26.4. The Morgan fingerprint density at radius 1 is 1.00 bits per heavy atom. The summed E-state index contributed by atoms with van der Waals surface area (Å²) in [6.45, 7) is 7.81. The third-order valence-electron chi connectivity index (χ3n) is 5.99. The number of hydrogen-bond acceptors (Lipinski definition) is 10. The number of ether oxygens (including phenoxy) is 3. The van der Waals surface area contributed by atoms with E-state index in [2.05, 4.69) is 38.9 Å². The predicted molar refractivity (Wildman–Crippen MR) is 135 cm³/mol. The maximum Gasteiger partial charge on any atom is 0.303 e. The Balaban J connectivity index is 1.46. The quantitative estimate of drug-likeness (QED) is 0.279. The van der Waals surface area contributed by atoms with E-state index in [1.807, 2.05) is 43.3 Å². The van der Waals surface area contributed by atoms with Gasteiger partial charge in [0.05, 0.1) is 25.5 Å². The van der Waals surface area contributed by atoms with Crippen LogP contribution in [-0.4, -0.2) is 44.8 Å². The van der Waals surface area contributed by atoms with Crippen LogP contribution in [0.25, 0.3) is 22.5 Å². The van der Waals surface area contributed by atoms with Gasteiger partial charge in [-0.1, -0.05) is 43.3 Å². The van der Waals surface area contributed by atoms with Gasteiger partial charge in [0.2, 0.25) is 11.7 Å². The number of rotatable bonds is 10. The van der Waals surface area contributed by atoms with Crippen molar-refractivity contribution in [2.75, 3.05) is 13.7 Å². The van der Waals surface area contributed by atoms with Gasteiger partial charge in [-0.15, -0.1) is 0 Å². The second-order valence-electron chi connectivity index (χ2n) is 8.71. The van der Waals surface area contributed by atoms with Crippen molar-refractivity contribution in [3.05, 3.63) is 66.2 Å².